The lowest BCUT2D eigenvalue weighted by Gasteiger charge is -2.20. The number of aromatic nitrogens is 3. The van der Waals surface area contributed by atoms with Crippen LogP contribution >= 0.6 is 0 Å². The number of hydrogen-bond acceptors (Lipinski definition) is 5. The predicted octanol–water partition coefficient (Wildman–Crippen LogP) is 0.690. The van der Waals surface area contributed by atoms with Crippen molar-refractivity contribution in [1.29, 1.82) is 0 Å². The first-order valence-electron chi connectivity index (χ1n) is 6.65. The average molecular weight is 261 g/mol. The maximum absolute atomic E-state index is 5.48. The molecular weight excluding hydrogens is 242 g/mol. The summed E-state index contributed by atoms with van der Waals surface area (Å²) in [6, 6.07) is 4.24. The summed E-state index contributed by atoms with van der Waals surface area (Å²) in [6.45, 7) is 3.88. The third-order valence-corrected chi connectivity index (χ3v) is 3.57. The van der Waals surface area contributed by atoms with Gasteiger partial charge in [0, 0.05) is 38.0 Å². The second-order valence-electron chi connectivity index (χ2n) is 4.77. The molecule has 102 valence electrons. The molecule has 1 aliphatic rings. The fourth-order valence-electron chi connectivity index (χ4n) is 2.49. The summed E-state index contributed by atoms with van der Waals surface area (Å²) in [5, 5.41) is 11.2. The molecule has 2 atom stereocenters. The topological polar surface area (TPSA) is 63.5 Å². The second-order valence-corrected chi connectivity index (χ2v) is 4.77. The molecular formula is C13H19N5O. The Balaban J connectivity index is 1.92. The van der Waals surface area contributed by atoms with E-state index in [0.29, 0.717) is 0 Å². The highest BCUT2D eigenvalue weighted by atomic mass is 16.5. The van der Waals surface area contributed by atoms with Gasteiger partial charge in [0.25, 0.3) is 0 Å². The smallest absolute Gasteiger partial charge is 0.157 e. The van der Waals surface area contributed by atoms with Gasteiger partial charge in [-0.3, -0.25) is 0 Å². The largest absolute Gasteiger partial charge is 0.378 e. The molecule has 0 unspecified atom stereocenters. The molecule has 1 fully saturated rings. The van der Waals surface area contributed by atoms with Crippen LogP contribution in [0.4, 0.5) is 5.82 Å². The molecule has 3 heterocycles. The highest BCUT2D eigenvalue weighted by molar-refractivity contribution is 5.50. The molecule has 0 saturated carbocycles. The Kier molecular flexibility index (Phi) is 3.35. The van der Waals surface area contributed by atoms with Gasteiger partial charge in [-0.2, -0.15) is 9.61 Å². The second kappa shape index (κ2) is 5.14. The van der Waals surface area contributed by atoms with E-state index in [2.05, 4.69) is 33.7 Å². The van der Waals surface area contributed by atoms with Gasteiger partial charge in [0.2, 0.25) is 0 Å². The van der Waals surface area contributed by atoms with E-state index in [4.69, 9.17) is 4.74 Å². The van der Waals surface area contributed by atoms with Crippen molar-refractivity contribution in [2.75, 3.05) is 25.5 Å². The molecule has 6 heteroatoms. The van der Waals surface area contributed by atoms with E-state index < -0.39 is 0 Å². The number of nitrogens with zero attached hydrogens (tertiary/aromatic N) is 3. The van der Waals surface area contributed by atoms with Crippen molar-refractivity contribution in [2.24, 2.45) is 0 Å². The summed E-state index contributed by atoms with van der Waals surface area (Å²) in [7, 11) is 1.75. The minimum absolute atomic E-state index is 0.184. The molecule has 19 heavy (non-hydrogen) atoms. The van der Waals surface area contributed by atoms with Gasteiger partial charge in [0.05, 0.1) is 18.3 Å². The molecule has 0 amide bonds. The molecule has 0 bridgehead atoms. The molecule has 1 aliphatic heterocycles. The van der Waals surface area contributed by atoms with Gasteiger partial charge in [-0.05, 0) is 6.42 Å². The van der Waals surface area contributed by atoms with E-state index in [-0.39, 0.29) is 12.1 Å². The number of methoxy groups -OCH3 is 1. The van der Waals surface area contributed by atoms with Gasteiger partial charge in [-0.1, -0.05) is 6.92 Å². The minimum Gasteiger partial charge on any atom is -0.378 e. The molecule has 0 radical (unpaired) electrons. The molecule has 0 spiro atoms. The van der Waals surface area contributed by atoms with Crippen molar-refractivity contribution in [2.45, 2.75) is 25.5 Å². The fraction of sp³-hybridized carbons (Fsp3) is 0.538. The summed E-state index contributed by atoms with van der Waals surface area (Å²) in [5.41, 5.74) is 1.94. The first-order valence-corrected chi connectivity index (χ1v) is 6.65. The molecule has 6 nitrogen and oxygen atoms in total. The third kappa shape index (κ3) is 2.29. The van der Waals surface area contributed by atoms with Crippen molar-refractivity contribution >= 4 is 11.5 Å². The molecule has 3 rings (SSSR count). The van der Waals surface area contributed by atoms with Crippen LogP contribution in [0.2, 0.25) is 0 Å². The number of ether oxygens (including phenoxy) is 1. The van der Waals surface area contributed by atoms with Gasteiger partial charge in [0.1, 0.15) is 5.82 Å². The average Bonchev–Trinajstić information content (AvgIpc) is 3.06. The highest BCUT2D eigenvalue weighted by Gasteiger charge is 2.27. The van der Waals surface area contributed by atoms with Crippen LogP contribution in [0.1, 0.15) is 12.6 Å². The normalized spacial score (nSPS) is 23.1. The monoisotopic (exact) mass is 261 g/mol. The molecule has 0 aliphatic carbocycles. The Labute approximate surface area is 112 Å². The SMILES string of the molecule is CCc1cc(N[C@H]2CNC[C@@H]2OC)n2nccc2n1. The maximum Gasteiger partial charge on any atom is 0.157 e. The van der Waals surface area contributed by atoms with Crippen LogP contribution < -0.4 is 10.6 Å². The quantitative estimate of drug-likeness (QED) is 0.848. The molecule has 1 saturated heterocycles. The lowest BCUT2D eigenvalue weighted by molar-refractivity contribution is 0.111. The Morgan fingerprint density at radius 1 is 1.53 bits per heavy atom. The first kappa shape index (κ1) is 12.4. The summed E-state index contributed by atoms with van der Waals surface area (Å²) >= 11 is 0. The van der Waals surface area contributed by atoms with Crippen LogP contribution in [-0.4, -0.2) is 46.9 Å². The van der Waals surface area contributed by atoms with Crippen LogP contribution in [0.5, 0.6) is 0 Å². The number of nitrogens with one attached hydrogen (secondary N) is 2. The molecule has 2 aromatic heterocycles. The standard InChI is InChI=1S/C13H19N5O/c1-3-9-6-13(18-12(16-9)4-5-15-18)17-10-7-14-8-11(10)19-2/h4-6,10-11,14,17H,3,7-8H2,1-2H3/t10-,11-/m0/s1. The van der Waals surface area contributed by atoms with Gasteiger partial charge >= 0.3 is 0 Å². The van der Waals surface area contributed by atoms with Crippen molar-refractivity contribution in [1.82, 2.24) is 19.9 Å². The van der Waals surface area contributed by atoms with Crippen molar-refractivity contribution in [3.8, 4) is 0 Å². The van der Waals surface area contributed by atoms with E-state index in [1.165, 1.54) is 0 Å². The van der Waals surface area contributed by atoms with Crippen LogP contribution in [-0.2, 0) is 11.2 Å². The van der Waals surface area contributed by atoms with Gasteiger partial charge in [0.15, 0.2) is 5.65 Å². The first-order chi connectivity index (χ1) is 9.31. The Bertz CT molecular complexity index is 567. The maximum atomic E-state index is 5.48. The van der Waals surface area contributed by atoms with Crippen LogP contribution in [0, 0.1) is 0 Å². The number of hydrogen-bond donors (Lipinski definition) is 2. The van der Waals surface area contributed by atoms with E-state index in [1.54, 1.807) is 13.3 Å². The zero-order valence-corrected chi connectivity index (χ0v) is 11.3. The zero-order chi connectivity index (χ0) is 13.2. The predicted molar refractivity (Wildman–Crippen MR) is 73.4 cm³/mol. The third-order valence-electron chi connectivity index (χ3n) is 3.57. The van der Waals surface area contributed by atoms with Gasteiger partial charge in [-0.25, -0.2) is 4.98 Å². The van der Waals surface area contributed by atoms with E-state index in [9.17, 15) is 0 Å². The molecule has 2 aromatic rings. The summed E-state index contributed by atoms with van der Waals surface area (Å²) in [6.07, 6.45) is 2.87. The van der Waals surface area contributed by atoms with Crippen molar-refractivity contribution in [3.05, 3.63) is 24.0 Å². The van der Waals surface area contributed by atoms with Gasteiger partial charge < -0.3 is 15.4 Å². The summed E-state index contributed by atoms with van der Waals surface area (Å²) in [5.74, 6) is 0.975. The zero-order valence-electron chi connectivity index (χ0n) is 11.3. The van der Waals surface area contributed by atoms with Crippen LogP contribution in [0.3, 0.4) is 0 Å². The van der Waals surface area contributed by atoms with Gasteiger partial charge in [-0.15, -0.1) is 0 Å². The van der Waals surface area contributed by atoms with E-state index >= 15 is 0 Å². The van der Waals surface area contributed by atoms with E-state index in [0.717, 1.165) is 36.7 Å². The summed E-state index contributed by atoms with van der Waals surface area (Å²) in [4.78, 5) is 4.54. The number of rotatable bonds is 4. The fourth-order valence-corrected chi connectivity index (χ4v) is 2.49. The van der Waals surface area contributed by atoms with Crippen molar-refractivity contribution in [3.63, 3.8) is 0 Å². The summed E-state index contributed by atoms with van der Waals surface area (Å²) < 4.78 is 7.31. The number of aryl methyl sites for hydroxylation is 1. The minimum atomic E-state index is 0.184. The van der Waals surface area contributed by atoms with E-state index in [1.807, 2.05) is 10.6 Å². The molecule has 2 N–H and O–H groups in total. The number of anilines is 1. The number of fused-ring (bicyclic) bond motifs is 1. The highest BCUT2D eigenvalue weighted by Crippen LogP contribution is 2.16. The van der Waals surface area contributed by atoms with Crippen LogP contribution in [0.25, 0.3) is 5.65 Å². The Morgan fingerprint density at radius 3 is 3.21 bits per heavy atom. The Morgan fingerprint density at radius 2 is 2.42 bits per heavy atom. The Hall–Kier alpha value is -1.66. The molecule has 0 aromatic carbocycles. The van der Waals surface area contributed by atoms with Crippen molar-refractivity contribution < 1.29 is 4.74 Å². The van der Waals surface area contributed by atoms with Crippen LogP contribution in [0.15, 0.2) is 18.3 Å². The lowest BCUT2D eigenvalue weighted by atomic mass is 10.2. The lowest BCUT2D eigenvalue weighted by Crippen LogP contribution is -2.34.